The molecular formula is C15H22O5. The van der Waals surface area contributed by atoms with E-state index in [0.717, 1.165) is 0 Å². The molecule has 2 bridgehead atoms. The largest absolute Gasteiger partial charge is 0.465 e. The van der Waals surface area contributed by atoms with Gasteiger partial charge >= 0.3 is 5.97 Å². The van der Waals surface area contributed by atoms with E-state index in [1.54, 1.807) is 6.92 Å². The molecule has 1 heterocycles. The van der Waals surface area contributed by atoms with Crippen LogP contribution in [0.4, 0.5) is 0 Å². The van der Waals surface area contributed by atoms with Gasteiger partial charge in [0.1, 0.15) is 12.4 Å². The summed E-state index contributed by atoms with van der Waals surface area (Å²) in [6.45, 7) is 5.47. The van der Waals surface area contributed by atoms with Crippen LogP contribution in [0.3, 0.4) is 0 Å². The summed E-state index contributed by atoms with van der Waals surface area (Å²) >= 11 is 0. The summed E-state index contributed by atoms with van der Waals surface area (Å²) in [5.74, 6) is -1.01. The third-order valence-corrected chi connectivity index (χ3v) is 6.64. The first-order valence-corrected chi connectivity index (χ1v) is 7.27. The van der Waals surface area contributed by atoms with Gasteiger partial charge < -0.3 is 14.9 Å². The molecule has 0 aromatic rings. The van der Waals surface area contributed by atoms with Crippen LogP contribution in [0.5, 0.6) is 0 Å². The SMILES string of the molecule is C[C@@H]1[C@H](O)C[C@@]2(O)[C@]13CC(=O)OC[C@@]2(C)[C@H](C)C(=O)C3. The third-order valence-electron chi connectivity index (χ3n) is 6.64. The van der Waals surface area contributed by atoms with E-state index in [0.29, 0.717) is 0 Å². The van der Waals surface area contributed by atoms with Crippen LogP contribution in [0.2, 0.25) is 0 Å². The van der Waals surface area contributed by atoms with E-state index in [4.69, 9.17) is 4.74 Å². The van der Waals surface area contributed by atoms with Crippen molar-refractivity contribution in [2.45, 2.75) is 51.7 Å². The molecule has 5 nitrogen and oxygen atoms in total. The Morgan fingerprint density at radius 1 is 1.25 bits per heavy atom. The predicted octanol–water partition coefficient (Wildman–Crippen LogP) is 0.667. The first kappa shape index (κ1) is 14.0. The number of aliphatic hydroxyl groups is 2. The highest BCUT2D eigenvalue weighted by molar-refractivity contribution is 5.86. The predicted molar refractivity (Wildman–Crippen MR) is 69.6 cm³/mol. The number of hydrogen-bond acceptors (Lipinski definition) is 5. The number of carbonyl (C=O) groups excluding carboxylic acids is 2. The summed E-state index contributed by atoms with van der Waals surface area (Å²) in [5.41, 5.74) is -2.96. The first-order valence-electron chi connectivity index (χ1n) is 7.27. The van der Waals surface area contributed by atoms with Gasteiger partial charge in [-0.3, -0.25) is 9.59 Å². The molecule has 3 rings (SSSR count). The minimum absolute atomic E-state index is 0.00970. The Balaban J connectivity index is 2.25. The monoisotopic (exact) mass is 282 g/mol. The standard InChI is InChI=1S/C15H22O5/c1-8-10(16)4-14-6-12(18)20-7-13(8,3)15(14,19)5-11(17)9(14)2/h8-9,11,17,19H,4-7H2,1-3H3/t8-,9-,11-,13+,14-,15+/m1/s1. The van der Waals surface area contributed by atoms with Gasteiger partial charge in [-0.1, -0.05) is 20.8 Å². The first-order chi connectivity index (χ1) is 9.18. The fourth-order valence-corrected chi connectivity index (χ4v) is 4.87. The maximum absolute atomic E-state index is 12.4. The summed E-state index contributed by atoms with van der Waals surface area (Å²) < 4.78 is 5.29. The minimum atomic E-state index is -1.24. The van der Waals surface area contributed by atoms with Gasteiger partial charge in [-0.2, -0.15) is 0 Å². The second-order valence-electron chi connectivity index (χ2n) is 7.20. The summed E-state index contributed by atoms with van der Waals surface area (Å²) in [4.78, 5) is 24.4. The smallest absolute Gasteiger partial charge is 0.306 e. The Labute approximate surface area is 118 Å². The molecule has 2 aliphatic carbocycles. The number of rotatable bonds is 0. The van der Waals surface area contributed by atoms with Crippen LogP contribution in [-0.2, 0) is 14.3 Å². The number of ether oxygens (including phenoxy) is 1. The highest BCUT2D eigenvalue weighted by Crippen LogP contribution is 2.67. The number of ketones is 1. The van der Waals surface area contributed by atoms with Gasteiger partial charge in [0.2, 0.25) is 0 Å². The molecule has 20 heavy (non-hydrogen) atoms. The lowest BCUT2D eigenvalue weighted by molar-refractivity contribution is -0.206. The Hall–Kier alpha value is -0.940. The number of hydrogen-bond donors (Lipinski definition) is 2. The van der Waals surface area contributed by atoms with Gasteiger partial charge in [-0.15, -0.1) is 0 Å². The molecule has 112 valence electrons. The quantitative estimate of drug-likeness (QED) is 0.638. The van der Waals surface area contributed by atoms with Crippen molar-refractivity contribution in [3.63, 3.8) is 0 Å². The minimum Gasteiger partial charge on any atom is -0.465 e. The molecule has 0 spiro atoms. The van der Waals surface area contributed by atoms with Gasteiger partial charge in [0, 0.05) is 29.6 Å². The van der Waals surface area contributed by atoms with Crippen LogP contribution < -0.4 is 0 Å². The number of Topliss-reactive ketones (excluding diaryl/α,β-unsaturated/α-hetero) is 1. The molecule has 0 aromatic heterocycles. The Morgan fingerprint density at radius 2 is 1.90 bits per heavy atom. The summed E-state index contributed by atoms with van der Waals surface area (Å²) in [6.07, 6.45) is -0.328. The van der Waals surface area contributed by atoms with Crippen LogP contribution in [-0.4, -0.2) is 40.3 Å². The van der Waals surface area contributed by atoms with E-state index in [1.165, 1.54) is 0 Å². The van der Waals surface area contributed by atoms with Crippen molar-refractivity contribution < 1.29 is 24.5 Å². The van der Waals surface area contributed by atoms with Gasteiger partial charge in [0.25, 0.3) is 0 Å². The molecule has 1 aliphatic heterocycles. The zero-order chi connectivity index (χ0) is 14.9. The average Bonchev–Trinajstić information content (AvgIpc) is 2.53. The van der Waals surface area contributed by atoms with E-state index in [1.807, 2.05) is 13.8 Å². The Bertz CT molecular complexity index is 489. The zero-order valence-electron chi connectivity index (χ0n) is 12.2. The maximum Gasteiger partial charge on any atom is 0.306 e. The van der Waals surface area contributed by atoms with Gasteiger partial charge in [0.05, 0.1) is 18.1 Å². The summed E-state index contributed by atoms with van der Waals surface area (Å²) in [6, 6.07) is 0. The van der Waals surface area contributed by atoms with Crippen LogP contribution >= 0.6 is 0 Å². The van der Waals surface area contributed by atoms with Crippen LogP contribution in [0.15, 0.2) is 0 Å². The molecule has 0 amide bonds. The van der Waals surface area contributed by atoms with E-state index in [-0.39, 0.29) is 49.5 Å². The van der Waals surface area contributed by atoms with Crippen molar-refractivity contribution in [3.8, 4) is 0 Å². The molecule has 0 aromatic carbocycles. The Kier molecular flexibility index (Phi) is 2.68. The lowest BCUT2D eigenvalue weighted by Crippen LogP contribution is -2.65. The van der Waals surface area contributed by atoms with Crippen molar-refractivity contribution >= 4 is 11.8 Å². The van der Waals surface area contributed by atoms with E-state index >= 15 is 0 Å². The molecule has 0 radical (unpaired) electrons. The van der Waals surface area contributed by atoms with Crippen LogP contribution in [0.1, 0.15) is 40.0 Å². The van der Waals surface area contributed by atoms with E-state index in [9.17, 15) is 19.8 Å². The highest BCUT2D eigenvalue weighted by atomic mass is 16.5. The molecule has 3 aliphatic rings. The van der Waals surface area contributed by atoms with Gasteiger partial charge in [0.15, 0.2) is 0 Å². The van der Waals surface area contributed by atoms with Crippen molar-refractivity contribution in [1.82, 2.24) is 0 Å². The van der Waals surface area contributed by atoms with Gasteiger partial charge in [-0.25, -0.2) is 0 Å². The second kappa shape index (κ2) is 3.83. The van der Waals surface area contributed by atoms with E-state index in [2.05, 4.69) is 0 Å². The molecule has 3 fully saturated rings. The highest BCUT2D eigenvalue weighted by Gasteiger charge is 2.74. The normalized spacial score (nSPS) is 55.1. The van der Waals surface area contributed by atoms with Crippen molar-refractivity contribution in [2.75, 3.05) is 6.61 Å². The van der Waals surface area contributed by atoms with E-state index < -0.39 is 22.5 Å². The zero-order valence-corrected chi connectivity index (χ0v) is 12.2. The van der Waals surface area contributed by atoms with Crippen LogP contribution in [0.25, 0.3) is 0 Å². The molecule has 6 atom stereocenters. The number of carbonyl (C=O) groups is 2. The lowest BCUT2D eigenvalue weighted by atomic mass is 9.48. The fraction of sp³-hybridized carbons (Fsp3) is 0.867. The number of cyclic esters (lactones) is 1. The fourth-order valence-electron chi connectivity index (χ4n) is 4.87. The molecule has 2 N–H and O–H groups in total. The third kappa shape index (κ3) is 1.31. The topological polar surface area (TPSA) is 83.8 Å². The Morgan fingerprint density at radius 3 is 2.55 bits per heavy atom. The maximum atomic E-state index is 12.4. The van der Waals surface area contributed by atoms with Crippen molar-refractivity contribution in [1.29, 1.82) is 0 Å². The van der Waals surface area contributed by atoms with Crippen LogP contribution in [0, 0.1) is 22.7 Å². The van der Waals surface area contributed by atoms with Crippen molar-refractivity contribution in [3.05, 3.63) is 0 Å². The molecule has 0 unspecified atom stereocenters. The number of aliphatic hydroxyl groups excluding tert-OH is 1. The van der Waals surface area contributed by atoms with Crippen molar-refractivity contribution in [2.24, 2.45) is 22.7 Å². The number of esters is 1. The molecule has 1 saturated heterocycles. The second-order valence-corrected chi connectivity index (χ2v) is 7.20. The molecule has 5 heteroatoms. The average molecular weight is 282 g/mol. The summed E-state index contributed by atoms with van der Waals surface area (Å²) in [5, 5.41) is 21.7. The summed E-state index contributed by atoms with van der Waals surface area (Å²) in [7, 11) is 0. The molecule has 2 saturated carbocycles. The molecular weight excluding hydrogens is 260 g/mol. The lowest BCUT2D eigenvalue weighted by Gasteiger charge is -2.57. The van der Waals surface area contributed by atoms with Gasteiger partial charge in [-0.05, 0) is 5.92 Å².